The smallest absolute Gasteiger partial charge is 0.263 e. The molecule has 0 saturated carbocycles. The first kappa shape index (κ1) is 16.0. The van der Waals surface area contributed by atoms with Crippen LogP contribution in [0.2, 0.25) is 0 Å². The van der Waals surface area contributed by atoms with Gasteiger partial charge in [-0.3, -0.25) is 4.31 Å². The summed E-state index contributed by atoms with van der Waals surface area (Å²) in [6.07, 6.45) is 0.615. The number of para-hydroxylation sites is 1. The van der Waals surface area contributed by atoms with Gasteiger partial charge in [0.1, 0.15) is 0 Å². The van der Waals surface area contributed by atoms with E-state index in [4.69, 9.17) is 5.14 Å². The number of hydrogen-bond donors (Lipinski definition) is 1. The van der Waals surface area contributed by atoms with Crippen molar-refractivity contribution >= 4 is 25.7 Å². The number of nitrogens with zero attached hydrogens (tertiary/aromatic N) is 1. The average Bonchev–Trinajstić information content (AvgIpc) is 2.83. The lowest BCUT2D eigenvalue weighted by Gasteiger charge is -2.24. The third kappa shape index (κ3) is 2.73. The maximum atomic E-state index is 13.0. The maximum Gasteiger partial charge on any atom is 0.264 e. The van der Waals surface area contributed by atoms with Crippen LogP contribution in [0.25, 0.3) is 0 Å². The predicted molar refractivity (Wildman–Crippen MR) is 87.1 cm³/mol. The van der Waals surface area contributed by atoms with Gasteiger partial charge in [0.15, 0.2) is 0 Å². The van der Waals surface area contributed by atoms with Crippen molar-refractivity contribution in [2.45, 2.75) is 29.2 Å². The Bertz CT molecular complexity index is 968. The van der Waals surface area contributed by atoms with Crippen molar-refractivity contribution < 1.29 is 16.8 Å². The lowest BCUT2D eigenvalue weighted by Crippen LogP contribution is -2.35. The van der Waals surface area contributed by atoms with Crippen molar-refractivity contribution in [2.75, 3.05) is 4.31 Å². The van der Waals surface area contributed by atoms with Crippen LogP contribution in [0.5, 0.6) is 0 Å². The molecule has 2 aromatic carbocycles. The van der Waals surface area contributed by atoms with Crippen LogP contribution in [-0.4, -0.2) is 22.9 Å². The topological polar surface area (TPSA) is 97.5 Å². The van der Waals surface area contributed by atoms with Gasteiger partial charge in [-0.05, 0) is 43.2 Å². The van der Waals surface area contributed by atoms with Crippen LogP contribution in [0, 0.1) is 0 Å². The van der Waals surface area contributed by atoms with E-state index in [1.54, 1.807) is 12.1 Å². The first-order valence-corrected chi connectivity index (χ1v) is 9.95. The van der Waals surface area contributed by atoms with Crippen LogP contribution >= 0.6 is 0 Å². The van der Waals surface area contributed by atoms with Crippen LogP contribution in [0.3, 0.4) is 0 Å². The summed E-state index contributed by atoms with van der Waals surface area (Å²) in [4.78, 5) is -0.314. The molecule has 2 aromatic rings. The molecule has 0 aliphatic carbocycles. The number of rotatable bonds is 3. The van der Waals surface area contributed by atoms with Gasteiger partial charge in [0.2, 0.25) is 10.0 Å². The summed E-state index contributed by atoms with van der Waals surface area (Å²) in [6.45, 7) is 1.82. The Balaban J connectivity index is 2.13. The van der Waals surface area contributed by atoms with Crippen molar-refractivity contribution in [1.82, 2.24) is 0 Å². The lowest BCUT2D eigenvalue weighted by atomic mass is 10.1. The van der Waals surface area contributed by atoms with Crippen molar-refractivity contribution in [2.24, 2.45) is 5.14 Å². The highest BCUT2D eigenvalue weighted by Gasteiger charge is 2.36. The summed E-state index contributed by atoms with van der Waals surface area (Å²) < 4.78 is 50.2. The average molecular weight is 352 g/mol. The van der Waals surface area contributed by atoms with Crippen LogP contribution in [0.15, 0.2) is 58.3 Å². The van der Waals surface area contributed by atoms with Crippen LogP contribution in [0.1, 0.15) is 12.5 Å². The monoisotopic (exact) mass is 352 g/mol. The van der Waals surface area contributed by atoms with Gasteiger partial charge in [-0.1, -0.05) is 24.3 Å². The molecule has 0 radical (unpaired) electrons. The quantitative estimate of drug-likeness (QED) is 0.904. The molecule has 122 valence electrons. The second-order valence-electron chi connectivity index (χ2n) is 5.50. The zero-order valence-corrected chi connectivity index (χ0v) is 14.0. The highest BCUT2D eigenvalue weighted by molar-refractivity contribution is 7.93. The van der Waals surface area contributed by atoms with Gasteiger partial charge < -0.3 is 0 Å². The van der Waals surface area contributed by atoms with Gasteiger partial charge >= 0.3 is 0 Å². The second kappa shape index (κ2) is 5.33. The Labute approximate surface area is 135 Å². The molecular formula is C15H16N2O4S2. The Morgan fingerprint density at radius 1 is 1.00 bits per heavy atom. The fraction of sp³-hybridized carbons (Fsp3) is 0.200. The zero-order valence-electron chi connectivity index (χ0n) is 12.4. The Hall–Kier alpha value is -1.90. The number of hydrogen-bond acceptors (Lipinski definition) is 4. The summed E-state index contributed by atoms with van der Waals surface area (Å²) in [5.74, 6) is 0. The molecule has 0 bridgehead atoms. The molecule has 0 spiro atoms. The maximum absolute atomic E-state index is 13.0. The lowest BCUT2D eigenvalue weighted by molar-refractivity contribution is 0.584. The summed E-state index contributed by atoms with van der Waals surface area (Å²) >= 11 is 0. The fourth-order valence-electron chi connectivity index (χ4n) is 2.83. The summed E-state index contributed by atoms with van der Waals surface area (Å²) in [5.41, 5.74) is 1.58. The molecular weight excluding hydrogens is 336 g/mol. The van der Waals surface area contributed by atoms with Crippen molar-refractivity contribution in [3.63, 3.8) is 0 Å². The van der Waals surface area contributed by atoms with E-state index in [1.807, 2.05) is 19.1 Å². The minimum Gasteiger partial charge on any atom is -0.263 e. The highest BCUT2D eigenvalue weighted by Crippen LogP contribution is 2.36. The normalized spacial score (nSPS) is 18.0. The van der Waals surface area contributed by atoms with Crippen LogP contribution < -0.4 is 9.44 Å². The van der Waals surface area contributed by atoms with Gasteiger partial charge in [0.25, 0.3) is 10.0 Å². The number of nitrogens with two attached hydrogens (primary N) is 1. The molecule has 1 atom stereocenters. The minimum absolute atomic E-state index is 0.0902. The van der Waals surface area contributed by atoms with Crippen molar-refractivity contribution in [3.8, 4) is 0 Å². The standard InChI is InChI=1S/C15H16N2O4S2/c1-11-9-12-5-2-3-8-15(12)17(11)23(20,21)14-7-4-6-13(10-14)22(16,18)19/h2-8,10-11H,9H2,1H3,(H2,16,18,19)/t11-/m1/s1. The third-order valence-electron chi connectivity index (χ3n) is 3.84. The Kier molecular flexibility index (Phi) is 3.70. The van der Waals surface area contributed by atoms with E-state index in [9.17, 15) is 16.8 Å². The molecule has 23 heavy (non-hydrogen) atoms. The third-order valence-corrected chi connectivity index (χ3v) is 6.67. The number of anilines is 1. The van der Waals surface area contributed by atoms with Gasteiger partial charge in [0, 0.05) is 6.04 Å². The van der Waals surface area contributed by atoms with Crippen LogP contribution in [-0.2, 0) is 26.5 Å². The Morgan fingerprint density at radius 2 is 1.65 bits per heavy atom. The molecule has 0 amide bonds. The Morgan fingerprint density at radius 3 is 2.35 bits per heavy atom. The summed E-state index contributed by atoms with van der Waals surface area (Å²) in [5, 5.41) is 5.09. The van der Waals surface area contributed by atoms with Crippen molar-refractivity contribution in [3.05, 3.63) is 54.1 Å². The molecule has 8 heteroatoms. The zero-order chi connectivity index (χ0) is 16.8. The van der Waals surface area contributed by atoms with E-state index in [-0.39, 0.29) is 15.8 Å². The molecule has 1 heterocycles. The molecule has 0 unspecified atom stereocenters. The molecule has 1 aliphatic rings. The molecule has 0 aromatic heterocycles. The number of primary sulfonamides is 1. The molecule has 1 aliphatic heterocycles. The van der Waals surface area contributed by atoms with E-state index in [2.05, 4.69) is 0 Å². The fourth-order valence-corrected chi connectivity index (χ4v) is 5.20. The molecule has 6 nitrogen and oxygen atoms in total. The molecule has 3 rings (SSSR count). The van der Waals surface area contributed by atoms with Gasteiger partial charge in [-0.15, -0.1) is 0 Å². The second-order valence-corrected chi connectivity index (χ2v) is 8.88. The SMILES string of the molecule is C[C@@H]1Cc2ccccc2N1S(=O)(=O)c1cccc(S(N)(=O)=O)c1. The number of fused-ring (bicyclic) bond motifs is 1. The highest BCUT2D eigenvalue weighted by atomic mass is 32.2. The van der Waals surface area contributed by atoms with Gasteiger partial charge in [-0.2, -0.15) is 0 Å². The first-order valence-electron chi connectivity index (χ1n) is 6.96. The van der Waals surface area contributed by atoms with Crippen molar-refractivity contribution in [1.29, 1.82) is 0 Å². The molecule has 0 saturated heterocycles. The van der Waals surface area contributed by atoms with Gasteiger partial charge in [-0.25, -0.2) is 22.0 Å². The number of benzene rings is 2. The van der Waals surface area contributed by atoms with Crippen LogP contribution in [0.4, 0.5) is 5.69 Å². The summed E-state index contributed by atoms with van der Waals surface area (Å²) in [6, 6.07) is 12.2. The summed E-state index contributed by atoms with van der Waals surface area (Å²) in [7, 11) is -7.84. The van der Waals surface area contributed by atoms with E-state index in [1.165, 1.54) is 22.5 Å². The molecule has 2 N–H and O–H groups in total. The van der Waals surface area contributed by atoms with E-state index >= 15 is 0 Å². The van der Waals surface area contributed by atoms with E-state index in [0.29, 0.717) is 12.1 Å². The largest absolute Gasteiger partial charge is 0.264 e. The van der Waals surface area contributed by atoms with E-state index in [0.717, 1.165) is 11.6 Å². The first-order chi connectivity index (χ1) is 10.7. The number of sulfonamides is 2. The minimum atomic E-state index is -3.97. The van der Waals surface area contributed by atoms with E-state index < -0.39 is 20.0 Å². The van der Waals surface area contributed by atoms with Gasteiger partial charge in [0.05, 0.1) is 15.5 Å². The molecule has 0 fully saturated rings. The predicted octanol–water partition coefficient (Wildman–Crippen LogP) is 1.47.